The van der Waals surface area contributed by atoms with E-state index in [0.29, 0.717) is 6.04 Å². The van der Waals surface area contributed by atoms with Crippen LogP contribution in [0, 0.1) is 6.92 Å². The van der Waals surface area contributed by atoms with Crippen molar-refractivity contribution in [3.8, 4) is 5.75 Å². The summed E-state index contributed by atoms with van der Waals surface area (Å²) in [5.74, 6) is 0.976. The van der Waals surface area contributed by atoms with E-state index in [1.54, 1.807) is 0 Å². The molecule has 0 saturated heterocycles. The van der Waals surface area contributed by atoms with E-state index >= 15 is 0 Å². The van der Waals surface area contributed by atoms with Crippen molar-refractivity contribution >= 4 is 5.69 Å². The number of ether oxygens (including phenoxy) is 1. The highest BCUT2D eigenvalue weighted by atomic mass is 16.5. The smallest absolute Gasteiger partial charge is 0.144 e. The molecule has 0 fully saturated rings. The van der Waals surface area contributed by atoms with Crippen LogP contribution in [0.15, 0.2) is 42.5 Å². The molecule has 2 aliphatic rings. The van der Waals surface area contributed by atoms with Gasteiger partial charge in [0.25, 0.3) is 0 Å². The molecule has 96 valence electrons. The molecule has 2 atom stereocenters. The van der Waals surface area contributed by atoms with Gasteiger partial charge in [-0.1, -0.05) is 30.3 Å². The van der Waals surface area contributed by atoms with E-state index < -0.39 is 0 Å². The molecule has 1 heterocycles. The highest BCUT2D eigenvalue weighted by Gasteiger charge is 2.34. The van der Waals surface area contributed by atoms with E-state index in [2.05, 4.69) is 54.7 Å². The van der Waals surface area contributed by atoms with Gasteiger partial charge >= 0.3 is 0 Å². The first-order valence-electron chi connectivity index (χ1n) is 6.93. The number of anilines is 1. The van der Waals surface area contributed by atoms with Crippen LogP contribution in [0.2, 0.25) is 0 Å². The Balaban J connectivity index is 1.77. The first kappa shape index (κ1) is 10.9. The van der Waals surface area contributed by atoms with Gasteiger partial charge in [-0.25, -0.2) is 0 Å². The van der Waals surface area contributed by atoms with Crippen LogP contribution in [0.1, 0.15) is 29.2 Å². The van der Waals surface area contributed by atoms with Gasteiger partial charge in [0.05, 0.1) is 11.7 Å². The topological polar surface area (TPSA) is 21.3 Å². The molecule has 2 aromatic carbocycles. The Morgan fingerprint density at radius 1 is 1.16 bits per heavy atom. The average molecular weight is 251 g/mol. The second-order valence-corrected chi connectivity index (χ2v) is 5.53. The second-order valence-electron chi connectivity index (χ2n) is 5.53. The monoisotopic (exact) mass is 251 g/mol. The van der Waals surface area contributed by atoms with Crippen molar-refractivity contribution in [2.24, 2.45) is 0 Å². The van der Waals surface area contributed by atoms with E-state index in [-0.39, 0.29) is 6.10 Å². The Labute approximate surface area is 113 Å². The maximum absolute atomic E-state index is 6.25. The summed E-state index contributed by atoms with van der Waals surface area (Å²) < 4.78 is 6.25. The summed E-state index contributed by atoms with van der Waals surface area (Å²) >= 11 is 0. The van der Waals surface area contributed by atoms with Crippen LogP contribution >= 0.6 is 0 Å². The van der Waals surface area contributed by atoms with Gasteiger partial charge in [0.15, 0.2) is 0 Å². The summed E-state index contributed by atoms with van der Waals surface area (Å²) in [5.41, 5.74) is 5.18. The second kappa shape index (κ2) is 4.02. The quantitative estimate of drug-likeness (QED) is 0.767. The fourth-order valence-corrected chi connectivity index (χ4v) is 3.21. The van der Waals surface area contributed by atoms with Gasteiger partial charge in [-0.15, -0.1) is 0 Å². The van der Waals surface area contributed by atoms with E-state index in [0.717, 1.165) is 24.3 Å². The zero-order chi connectivity index (χ0) is 12.8. The molecule has 0 bridgehead atoms. The molecule has 1 aliphatic carbocycles. The lowest BCUT2D eigenvalue weighted by atomic mass is 9.85. The highest BCUT2D eigenvalue weighted by Crippen LogP contribution is 2.42. The van der Waals surface area contributed by atoms with Gasteiger partial charge in [-0.05, 0) is 48.6 Å². The summed E-state index contributed by atoms with van der Waals surface area (Å²) in [4.78, 5) is 0. The first-order valence-corrected chi connectivity index (χ1v) is 6.93. The Kier molecular flexibility index (Phi) is 2.31. The van der Waals surface area contributed by atoms with E-state index in [9.17, 15) is 0 Å². The third kappa shape index (κ3) is 1.71. The van der Waals surface area contributed by atoms with Gasteiger partial charge < -0.3 is 10.1 Å². The van der Waals surface area contributed by atoms with E-state index in [1.165, 1.54) is 16.7 Å². The maximum Gasteiger partial charge on any atom is 0.144 e. The standard InChI is InChI=1S/C17H17NO/c1-11-6-9-16-15(10-11)18-14-8-7-12-4-2-3-5-13(12)17(14)19-16/h2-6,9-10,14,17-18H,7-8H2,1H3. The Bertz CT molecular complexity index is 635. The summed E-state index contributed by atoms with van der Waals surface area (Å²) in [6.07, 6.45) is 2.42. The molecule has 2 nitrogen and oxygen atoms in total. The lowest BCUT2D eigenvalue weighted by Crippen LogP contribution is -2.38. The van der Waals surface area contributed by atoms with Crippen LogP contribution in [0.3, 0.4) is 0 Å². The fraction of sp³-hybridized carbons (Fsp3) is 0.294. The zero-order valence-electron chi connectivity index (χ0n) is 11.0. The highest BCUT2D eigenvalue weighted by molar-refractivity contribution is 5.61. The molecule has 0 amide bonds. The lowest BCUT2D eigenvalue weighted by Gasteiger charge is -2.39. The molecule has 0 aromatic heterocycles. The molecule has 0 saturated carbocycles. The molecule has 0 radical (unpaired) electrons. The first-order chi connectivity index (χ1) is 9.31. The fourth-order valence-electron chi connectivity index (χ4n) is 3.21. The number of aryl methyl sites for hydroxylation is 2. The van der Waals surface area contributed by atoms with Gasteiger partial charge in [0.2, 0.25) is 0 Å². The van der Waals surface area contributed by atoms with Gasteiger partial charge in [-0.3, -0.25) is 0 Å². The molecule has 4 rings (SSSR count). The summed E-state index contributed by atoms with van der Waals surface area (Å²) in [5, 5.41) is 3.66. The van der Waals surface area contributed by atoms with Crippen molar-refractivity contribution in [2.45, 2.75) is 31.9 Å². The molecule has 19 heavy (non-hydrogen) atoms. The van der Waals surface area contributed by atoms with Crippen LogP contribution in [0.4, 0.5) is 5.69 Å². The Morgan fingerprint density at radius 2 is 2.05 bits per heavy atom. The molecular formula is C17H17NO. The van der Waals surface area contributed by atoms with Gasteiger partial charge in [-0.2, -0.15) is 0 Å². The van der Waals surface area contributed by atoms with Crippen molar-refractivity contribution in [1.82, 2.24) is 0 Å². The number of fused-ring (bicyclic) bond motifs is 4. The number of nitrogens with one attached hydrogen (secondary N) is 1. The number of hydrogen-bond donors (Lipinski definition) is 1. The Hall–Kier alpha value is -1.96. The number of rotatable bonds is 0. The molecule has 1 N–H and O–H groups in total. The predicted octanol–water partition coefficient (Wildman–Crippen LogP) is 3.86. The van der Waals surface area contributed by atoms with Crippen molar-refractivity contribution < 1.29 is 4.74 Å². The maximum atomic E-state index is 6.25. The zero-order valence-corrected chi connectivity index (χ0v) is 11.0. The number of hydrogen-bond acceptors (Lipinski definition) is 2. The van der Waals surface area contributed by atoms with Crippen LogP contribution < -0.4 is 10.1 Å². The van der Waals surface area contributed by atoms with Gasteiger partial charge in [0.1, 0.15) is 11.9 Å². The molecular weight excluding hydrogens is 234 g/mol. The number of benzene rings is 2. The lowest BCUT2D eigenvalue weighted by molar-refractivity contribution is 0.158. The van der Waals surface area contributed by atoms with Crippen molar-refractivity contribution in [3.05, 3.63) is 59.2 Å². The average Bonchev–Trinajstić information content (AvgIpc) is 2.45. The van der Waals surface area contributed by atoms with Crippen molar-refractivity contribution in [1.29, 1.82) is 0 Å². The SMILES string of the molecule is Cc1ccc2c(c1)NC1CCc3ccccc3C1O2. The van der Waals surface area contributed by atoms with Crippen LogP contribution in [-0.4, -0.2) is 6.04 Å². The van der Waals surface area contributed by atoms with E-state index in [1.807, 2.05) is 0 Å². The summed E-state index contributed by atoms with van der Waals surface area (Å²) in [6.45, 7) is 2.12. The van der Waals surface area contributed by atoms with Crippen LogP contribution in [-0.2, 0) is 6.42 Å². The van der Waals surface area contributed by atoms with E-state index in [4.69, 9.17) is 4.74 Å². The normalized spacial score (nSPS) is 23.4. The largest absolute Gasteiger partial charge is 0.481 e. The predicted molar refractivity (Wildman–Crippen MR) is 76.7 cm³/mol. The third-order valence-corrected chi connectivity index (χ3v) is 4.18. The third-order valence-electron chi connectivity index (χ3n) is 4.18. The minimum atomic E-state index is 0.153. The van der Waals surface area contributed by atoms with Gasteiger partial charge in [0, 0.05) is 0 Å². The summed E-state index contributed by atoms with van der Waals surface area (Å²) in [6, 6.07) is 15.4. The molecule has 0 spiro atoms. The molecule has 2 heteroatoms. The minimum Gasteiger partial charge on any atom is -0.481 e. The Morgan fingerprint density at radius 3 is 3.00 bits per heavy atom. The molecule has 2 unspecified atom stereocenters. The van der Waals surface area contributed by atoms with Crippen molar-refractivity contribution in [3.63, 3.8) is 0 Å². The van der Waals surface area contributed by atoms with Crippen LogP contribution in [0.5, 0.6) is 5.75 Å². The molecule has 2 aromatic rings. The van der Waals surface area contributed by atoms with Crippen molar-refractivity contribution in [2.75, 3.05) is 5.32 Å². The van der Waals surface area contributed by atoms with Crippen LogP contribution in [0.25, 0.3) is 0 Å². The summed E-state index contributed by atoms with van der Waals surface area (Å²) in [7, 11) is 0. The molecule has 1 aliphatic heterocycles. The minimum absolute atomic E-state index is 0.153.